The van der Waals surface area contributed by atoms with Gasteiger partial charge in [0.25, 0.3) is 0 Å². The van der Waals surface area contributed by atoms with Crippen molar-refractivity contribution < 1.29 is 9.15 Å². The molecule has 3 nitrogen and oxygen atoms in total. The lowest BCUT2D eigenvalue weighted by Crippen LogP contribution is -2.35. The maximum Gasteiger partial charge on any atom is 0.176 e. The summed E-state index contributed by atoms with van der Waals surface area (Å²) in [5.41, 5.74) is 3.51. The molecule has 0 saturated heterocycles. The summed E-state index contributed by atoms with van der Waals surface area (Å²) in [6, 6.07) is 4.31. The zero-order valence-electron chi connectivity index (χ0n) is 14.1. The quantitative estimate of drug-likeness (QED) is 0.882. The fourth-order valence-electron chi connectivity index (χ4n) is 2.56. The molecule has 0 bridgehead atoms. The van der Waals surface area contributed by atoms with E-state index >= 15 is 0 Å². The molecule has 0 unspecified atom stereocenters. The Kier molecular flexibility index (Phi) is 4.62. The van der Waals surface area contributed by atoms with Gasteiger partial charge in [0.2, 0.25) is 0 Å². The van der Waals surface area contributed by atoms with E-state index < -0.39 is 0 Å². The van der Waals surface area contributed by atoms with Crippen LogP contribution in [0.4, 0.5) is 0 Å². The van der Waals surface area contributed by atoms with Crippen molar-refractivity contribution in [1.82, 2.24) is 5.32 Å². The molecule has 116 valence electrons. The van der Waals surface area contributed by atoms with E-state index in [-0.39, 0.29) is 5.54 Å². The number of nitrogens with one attached hydrogen (secondary N) is 1. The smallest absolute Gasteiger partial charge is 0.176 e. The predicted molar refractivity (Wildman–Crippen MR) is 88.1 cm³/mol. The molecule has 0 amide bonds. The zero-order valence-corrected chi connectivity index (χ0v) is 14.1. The second-order valence-corrected chi connectivity index (χ2v) is 6.49. The van der Waals surface area contributed by atoms with Crippen molar-refractivity contribution in [3.63, 3.8) is 0 Å². The van der Waals surface area contributed by atoms with Crippen LogP contribution in [0.25, 0.3) is 11.0 Å². The second kappa shape index (κ2) is 6.10. The maximum absolute atomic E-state index is 6.12. The van der Waals surface area contributed by atoms with Crippen LogP contribution in [-0.4, -0.2) is 12.6 Å². The van der Waals surface area contributed by atoms with Crippen LogP contribution in [0.1, 0.15) is 51.5 Å². The highest BCUT2D eigenvalue weighted by Crippen LogP contribution is 2.35. The van der Waals surface area contributed by atoms with Gasteiger partial charge < -0.3 is 14.5 Å². The molecule has 1 aromatic heterocycles. The minimum absolute atomic E-state index is 0.0721. The molecule has 2 rings (SSSR count). The first kappa shape index (κ1) is 15.9. The molecular formula is C18H27NO2. The van der Waals surface area contributed by atoms with Crippen LogP contribution in [0, 0.1) is 0 Å². The van der Waals surface area contributed by atoms with Crippen LogP contribution in [0.2, 0.25) is 0 Å². The van der Waals surface area contributed by atoms with E-state index in [0.717, 1.165) is 36.5 Å². The standard InChI is InChI=1S/C18H27NO2/c1-7-12-9-14-13(8-2)16(11-19-18(3,4)5)21-17(14)15(10-12)20-6/h9-10,19H,7-8,11H2,1-6H3. The normalized spacial score (nSPS) is 12.1. The van der Waals surface area contributed by atoms with Crippen molar-refractivity contribution in [3.05, 3.63) is 29.0 Å². The summed E-state index contributed by atoms with van der Waals surface area (Å²) in [6.07, 6.45) is 1.96. The Morgan fingerprint density at radius 3 is 2.38 bits per heavy atom. The van der Waals surface area contributed by atoms with Gasteiger partial charge in [0.15, 0.2) is 11.3 Å². The zero-order chi connectivity index (χ0) is 15.6. The van der Waals surface area contributed by atoms with Gasteiger partial charge in [-0.1, -0.05) is 13.8 Å². The van der Waals surface area contributed by atoms with E-state index in [9.17, 15) is 0 Å². The van der Waals surface area contributed by atoms with E-state index in [1.54, 1.807) is 7.11 Å². The largest absolute Gasteiger partial charge is 0.493 e. The van der Waals surface area contributed by atoms with Crippen LogP contribution in [0.5, 0.6) is 5.75 Å². The van der Waals surface area contributed by atoms with Crippen LogP contribution >= 0.6 is 0 Å². The average molecular weight is 289 g/mol. The van der Waals surface area contributed by atoms with Crippen molar-refractivity contribution in [2.45, 2.75) is 59.5 Å². The van der Waals surface area contributed by atoms with Crippen molar-refractivity contribution in [2.75, 3.05) is 7.11 Å². The van der Waals surface area contributed by atoms with Crippen LogP contribution < -0.4 is 10.1 Å². The fraction of sp³-hybridized carbons (Fsp3) is 0.556. The number of methoxy groups -OCH3 is 1. The maximum atomic E-state index is 6.12. The van der Waals surface area contributed by atoms with E-state index in [4.69, 9.17) is 9.15 Å². The van der Waals surface area contributed by atoms with Crippen LogP contribution in [0.15, 0.2) is 16.5 Å². The van der Waals surface area contributed by atoms with Gasteiger partial charge >= 0.3 is 0 Å². The molecule has 1 aromatic carbocycles. The molecule has 0 atom stereocenters. The van der Waals surface area contributed by atoms with Crippen LogP contribution in [-0.2, 0) is 19.4 Å². The second-order valence-electron chi connectivity index (χ2n) is 6.49. The summed E-state index contributed by atoms with van der Waals surface area (Å²) in [6.45, 7) is 11.6. The van der Waals surface area contributed by atoms with E-state index in [1.165, 1.54) is 16.5 Å². The summed E-state index contributed by atoms with van der Waals surface area (Å²) in [5.74, 6) is 1.86. The number of benzene rings is 1. The highest BCUT2D eigenvalue weighted by Gasteiger charge is 2.18. The molecule has 1 heterocycles. The first-order valence-electron chi connectivity index (χ1n) is 7.75. The highest BCUT2D eigenvalue weighted by molar-refractivity contribution is 5.88. The Labute approximate surface area is 127 Å². The van der Waals surface area contributed by atoms with Gasteiger partial charge in [-0.15, -0.1) is 0 Å². The lowest BCUT2D eigenvalue weighted by atomic mass is 10.0. The molecule has 3 heteroatoms. The summed E-state index contributed by atoms with van der Waals surface area (Å²) in [4.78, 5) is 0. The Bertz CT molecular complexity index is 620. The third-order valence-corrected chi connectivity index (χ3v) is 3.76. The highest BCUT2D eigenvalue weighted by atomic mass is 16.5. The van der Waals surface area contributed by atoms with Crippen molar-refractivity contribution in [2.24, 2.45) is 0 Å². The Morgan fingerprint density at radius 2 is 1.86 bits per heavy atom. The Hall–Kier alpha value is -1.48. The monoisotopic (exact) mass is 289 g/mol. The lowest BCUT2D eigenvalue weighted by molar-refractivity contribution is 0.384. The number of fused-ring (bicyclic) bond motifs is 1. The molecule has 0 aliphatic carbocycles. The molecular weight excluding hydrogens is 262 g/mol. The van der Waals surface area contributed by atoms with Gasteiger partial charge in [-0.05, 0) is 51.3 Å². The molecule has 1 N–H and O–H groups in total. The van der Waals surface area contributed by atoms with Gasteiger partial charge in [-0.2, -0.15) is 0 Å². The molecule has 0 spiro atoms. The minimum atomic E-state index is 0.0721. The van der Waals surface area contributed by atoms with Crippen molar-refractivity contribution in [3.8, 4) is 5.75 Å². The van der Waals surface area contributed by atoms with Gasteiger partial charge in [0.1, 0.15) is 5.76 Å². The molecule has 0 aliphatic rings. The predicted octanol–water partition coefficient (Wildman–Crippen LogP) is 4.45. The van der Waals surface area contributed by atoms with Crippen molar-refractivity contribution in [1.29, 1.82) is 0 Å². The molecule has 0 aliphatic heterocycles. The van der Waals surface area contributed by atoms with Gasteiger partial charge in [-0.25, -0.2) is 0 Å². The van der Waals surface area contributed by atoms with Gasteiger partial charge in [0.05, 0.1) is 13.7 Å². The molecule has 21 heavy (non-hydrogen) atoms. The topological polar surface area (TPSA) is 34.4 Å². The number of ether oxygens (including phenoxy) is 1. The third-order valence-electron chi connectivity index (χ3n) is 3.76. The number of hydrogen-bond acceptors (Lipinski definition) is 3. The Balaban J connectivity index is 2.52. The summed E-state index contributed by atoms with van der Waals surface area (Å²) < 4.78 is 11.6. The van der Waals surface area contributed by atoms with Crippen molar-refractivity contribution >= 4 is 11.0 Å². The number of aryl methyl sites for hydroxylation is 2. The minimum Gasteiger partial charge on any atom is -0.493 e. The molecule has 0 radical (unpaired) electrons. The van der Waals surface area contributed by atoms with Gasteiger partial charge in [-0.3, -0.25) is 0 Å². The summed E-state index contributed by atoms with van der Waals surface area (Å²) in [5, 5.41) is 4.70. The van der Waals surface area contributed by atoms with E-state index in [2.05, 4.69) is 52.1 Å². The lowest BCUT2D eigenvalue weighted by Gasteiger charge is -2.19. The third kappa shape index (κ3) is 3.41. The Morgan fingerprint density at radius 1 is 1.14 bits per heavy atom. The summed E-state index contributed by atoms with van der Waals surface area (Å²) >= 11 is 0. The molecule has 2 aromatic rings. The molecule has 0 saturated carbocycles. The summed E-state index contributed by atoms with van der Waals surface area (Å²) in [7, 11) is 1.70. The first-order chi connectivity index (χ1) is 9.89. The first-order valence-corrected chi connectivity index (χ1v) is 7.75. The van der Waals surface area contributed by atoms with Crippen LogP contribution in [0.3, 0.4) is 0 Å². The number of rotatable bonds is 5. The van der Waals surface area contributed by atoms with E-state index in [1.807, 2.05) is 0 Å². The SMILES string of the molecule is CCc1cc(OC)c2oc(CNC(C)(C)C)c(CC)c2c1. The number of furan rings is 1. The molecule has 0 fully saturated rings. The fourth-order valence-corrected chi connectivity index (χ4v) is 2.56. The average Bonchev–Trinajstić information content (AvgIpc) is 2.80. The number of hydrogen-bond donors (Lipinski definition) is 1. The van der Waals surface area contributed by atoms with Gasteiger partial charge in [0, 0.05) is 16.5 Å². The van der Waals surface area contributed by atoms with E-state index in [0.29, 0.717) is 0 Å².